The van der Waals surface area contributed by atoms with Crippen LogP contribution in [0.3, 0.4) is 0 Å². The summed E-state index contributed by atoms with van der Waals surface area (Å²) in [6.45, 7) is 2.97. The largest absolute Gasteiger partial charge is 0.494 e. The number of aromatic nitrogens is 3. The van der Waals surface area contributed by atoms with Crippen molar-refractivity contribution in [2.45, 2.75) is 18.6 Å². The first-order valence-corrected chi connectivity index (χ1v) is 12.2. The summed E-state index contributed by atoms with van der Waals surface area (Å²) in [5.41, 5.74) is 2.24. The topological polar surface area (TPSA) is 124 Å². The maximum atomic E-state index is 12.5. The number of benzene rings is 3. The Balaban J connectivity index is 1.44. The van der Waals surface area contributed by atoms with Gasteiger partial charge in [-0.3, -0.25) is 19.5 Å². The second-order valence-electron chi connectivity index (χ2n) is 7.52. The first kappa shape index (κ1) is 24.7. The molecule has 0 unspecified atom stereocenters. The van der Waals surface area contributed by atoms with E-state index in [4.69, 9.17) is 4.74 Å². The number of non-ortho nitro benzene ring substituents is 1. The van der Waals surface area contributed by atoms with Crippen LogP contribution < -0.4 is 15.4 Å². The molecule has 36 heavy (non-hydrogen) atoms. The summed E-state index contributed by atoms with van der Waals surface area (Å²) in [4.78, 5) is 22.8. The van der Waals surface area contributed by atoms with Crippen molar-refractivity contribution in [1.82, 2.24) is 14.8 Å². The third-order valence-corrected chi connectivity index (χ3v) is 5.95. The van der Waals surface area contributed by atoms with E-state index in [2.05, 4.69) is 20.8 Å². The highest BCUT2D eigenvalue weighted by Gasteiger charge is 2.16. The van der Waals surface area contributed by atoms with Gasteiger partial charge in [-0.15, -0.1) is 10.2 Å². The van der Waals surface area contributed by atoms with E-state index >= 15 is 0 Å². The Kier molecular flexibility index (Phi) is 8.14. The molecule has 0 saturated heterocycles. The molecule has 2 N–H and O–H groups in total. The zero-order valence-corrected chi connectivity index (χ0v) is 20.3. The molecule has 10 nitrogen and oxygen atoms in total. The number of thioether (sulfide) groups is 1. The molecule has 11 heteroatoms. The van der Waals surface area contributed by atoms with Crippen LogP contribution >= 0.6 is 11.8 Å². The van der Waals surface area contributed by atoms with Gasteiger partial charge in [-0.05, 0) is 55.5 Å². The molecule has 0 atom stereocenters. The minimum Gasteiger partial charge on any atom is -0.494 e. The summed E-state index contributed by atoms with van der Waals surface area (Å²) in [6, 6.07) is 23.0. The van der Waals surface area contributed by atoms with Gasteiger partial charge in [0.2, 0.25) is 5.91 Å². The van der Waals surface area contributed by atoms with Crippen LogP contribution in [0.25, 0.3) is 5.69 Å². The molecule has 1 amide bonds. The summed E-state index contributed by atoms with van der Waals surface area (Å²) in [6.07, 6.45) is 0. The number of nitro groups is 1. The lowest BCUT2D eigenvalue weighted by atomic mass is 10.3. The average Bonchev–Trinajstić information content (AvgIpc) is 3.31. The van der Waals surface area contributed by atoms with Crippen LogP contribution in [-0.4, -0.2) is 38.0 Å². The van der Waals surface area contributed by atoms with E-state index in [1.807, 2.05) is 66.1 Å². The van der Waals surface area contributed by atoms with Crippen molar-refractivity contribution in [3.63, 3.8) is 0 Å². The number of ether oxygens (including phenoxy) is 1. The van der Waals surface area contributed by atoms with Gasteiger partial charge in [-0.1, -0.05) is 30.0 Å². The summed E-state index contributed by atoms with van der Waals surface area (Å²) in [7, 11) is 0. The van der Waals surface area contributed by atoms with Gasteiger partial charge in [0.15, 0.2) is 11.0 Å². The van der Waals surface area contributed by atoms with Gasteiger partial charge in [-0.2, -0.15) is 0 Å². The molecule has 0 spiro atoms. The molecule has 0 aliphatic heterocycles. The second-order valence-corrected chi connectivity index (χ2v) is 8.46. The third kappa shape index (κ3) is 6.39. The normalized spacial score (nSPS) is 10.6. The molecule has 4 rings (SSSR count). The Morgan fingerprint density at radius 3 is 2.36 bits per heavy atom. The molecule has 1 heterocycles. The van der Waals surface area contributed by atoms with Crippen molar-refractivity contribution in [3.8, 4) is 11.4 Å². The number of hydrogen-bond acceptors (Lipinski definition) is 8. The van der Waals surface area contributed by atoms with Crippen LogP contribution in [0, 0.1) is 10.1 Å². The van der Waals surface area contributed by atoms with Gasteiger partial charge in [0.1, 0.15) is 5.75 Å². The molecule has 0 aliphatic carbocycles. The van der Waals surface area contributed by atoms with Gasteiger partial charge in [-0.25, -0.2) is 0 Å². The maximum absolute atomic E-state index is 12.5. The van der Waals surface area contributed by atoms with E-state index < -0.39 is 4.92 Å². The van der Waals surface area contributed by atoms with Gasteiger partial charge in [0.05, 0.1) is 23.8 Å². The summed E-state index contributed by atoms with van der Waals surface area (Å²) >= 11 is 1.25. The Morgan fingerprint density at radius 1 is 1.00 bits per heavy atom. The van der Waals surface area contributed by atoms with Crippen LogP contribution in [0.2, 0.25) is 0 Å². The molecule has 0 saturated carbocycles. The van der Waals surface area contributed by atoms with Crippen LogP contribution in [0.5, 0.6) is 5.75 Å². The van der Waals surface area contributed by atoms with Crippen molar-refractivity contribution in [3.05, 3.63) is 94.8 Å². The number of nitro benzene ring substituents is 1. The molecule has 0 radical (unpaired) electrons. The van der Waals surface area contributed by atoms with E-state index in [0.29, 0.717) is 29.8 Å². The zero-order chi connectivity index (χ0) is 25.3. The fraction of sp³-hybridized carbons (Fsp3) is 0.160. The number of nitrogens with one attached hydrogen (secondary N) is 2. The third-order valence-electron chi connectivity index (χ3n) is 5.02. The Hall–Kier alpha value is -4.38. The number of para-hydroxylation sites is 1. The first-order chi connectivity index (χ1) is 17.5. The SMILES string of the molecule is CCOc1ccc(NCc2nnc(SCC(=O)Nc3ccc([N+](=O)[O-])cc3)n2-c2ccccc2)cc1. The highest BCUT2D eigenvalue weighted by Crippen LogP contribution is 2.24. The number of carbonyl (C=O) groups is 1. The minimum atomic E-state index is -0.486. The predicted octanol–water partition coefficient (Wildman–Crippen LogP) is 4.92. The highest BCUT2D eigenvalue weighted by atomic mass is 32.2. The van der Waals surface area contributed by atoms with Gasteiger partial charge >= 0.3 is 0 Å². The smallest absolute Gasteiger partial charge is 0.269 e. The highest BCUT2D eigenvalue weighted by molar-refractivity contribution is 7.99. The van der Waals surface area contributed by atoms with Crippen molar-refractivity contribution in [1.29, 1.82) is 0 Å². The summed E-state index contributed by atoms with van der Waals surface area (Å²) in [5.74, 6) is 1.33. The van der Waals surface area contributed by atoms with Crippen molar-refractivity contribution in [2.24, 2.45) is 0 Å². The van der Waals surface area contributed by atoms with E-state index in [-0.39, 0.29) is 17.3 Å². The lowest BCUT2D eigenvalue weighted by Gasteiger charge is -2.12. The minimum absolute atomic E-state index is 0.0373. The lowest BCUT2D eigenvalue weighted by molar-refractivity contribution is -0.384. The maximum Gasteiger partial charge on any atom is 0.269 e. The number of nitrogens with zero attached hydrogens (tertiary/aromatic N) is 4. The number of carbonyl (C=O) groups excluding carboxylic acids is 1. The molecular weight excluding hydrogens is 480 g/mol. The second kappa shape index (κ2) is 11.8. The standard InChI is InChI=1S/C25H24N6O4S/c1-2-35-22-14-10-18(11-15-22)26-16-23-28-29-25(30(23)20-6-4-3-5-7-20)36-17-24(32)27-19-8-12-21(13-9-19)31(33)34/h3-15,26H,2,16-17H2,1H3,(H,27,32). The number of hydrogen-bond donors (Lipinski definition) is 2. The van der Waals surface area contributed by atoms with Crippen LogP contribution in [0.4, 0.5) is 17.1 Å². The molecule has 1 aromatic heterocycles. The first-order valence-electron chi connectivity index (χ1n) is 11.2. The molecule has 0 fully saturated rings. The lowest BCUT2D eigenvalue weighted by Crippen LogP contribution is -2.15. The molecule has 184 valence electrons. The monoisotopic (exact) mass is 504 g/mol. The summed E-state index contributed by atoms with van der Waals surface area (Å²) in [5, 5.41) is 26.1. The fourth-order valence-electron chi connectivity index (χ4n) is 3.36. The Labute approximate surface area is 211 Å². The average molecular weight is 505 g/mol. The van der Waals surface area contributed by atoms with Gasteiger partial charge in [0, 0.05) is 29.2 Å². The van der Waals surface area contributed by atoms with Crippen LogP contribution in [0.15, 0.2) is 84.0 Å². The van der Waals surface area contributed by atoms with E-state index in [1.165, 1.54) is 36.0 Å². The summed E-state index contributed by atoms with van der Waals surface area (Å²) < 4.78 is 7.39. The Morgan fingerprint density at radius 2 is 1.69 bits per heavy atom. The van der Waals surface area contributed by atoms with E-state index in [0.717, 1.165) is 17.1 Å². The van der Waals surface area contributed by atoms with E-state index in [1.54, 1.807) is 0 Å². The number of rotatable bonds is 11. The number of amides is 1. The van der Waals surface area contributed by atoms with Crippen molar-refractivity contribution >= 4 is 34.7 Å². The van der Waals surface area contributed by atoms with Crippen molar-refractivity contribution in [2.75, 3.05) is 23.0 Å². The van der Waals surface area contributed by atoms with Crippen LogP contribution in [0.1, 0.15) is 12.7 Å². The molecule has 3 aromatic carbocycles. The molecule has 4 aromatic rings. The molecular formula is C25H24N6O4S. The van der Waals surface area contributed by atoms with Gasteiger partial charge < -0.3 is 15.4 Å². The van der Waals surface area contributed by atoms with Crippen molar-refractivity contribution < 1.29 is 14.5 Å². The fourth-order valence-corrected chi connectivity index (χ4v) is 4.13. The molecule has 0 bridgehead atoms. The van der Waals surface area contributed by atoms with Gasteiger partial charge in [0.25, 0.3) is 5.69 Å². The zero-order valence-electron chi connectivity index (χ0n) is 19.5. The Bertz CT molecular complexity index is 1310. The van der Waals surface area contributed by atoms with E-state index in [9.17, 15) is 14.9 Å². The quantitative estimate of drug-likeness (QED) is 0.168. The molecule has 0 aliphatic rings. The number of anilines is 2. The predicted molar refractivity (Wildman–Crippen MR) is 139 cm³/mol. The van der Waals surface area contributed by atoms with Crippen LogP contribution in [-0.2, 0) is 11.3 Å².